The minimum atomic E-state index is -0.987. The van der Waals surface area contributed by atoms with E-state index in [4.69, 9.17) is 10.5 Å². The van der Waals surface area contributed by atoms with Crippen molar-refractivity contribution in [2.75, 3.05) is 12.8 Å². The molecule has 30 heavy (non-hydrogen) atoms. The summed E-state index contributed by atoms with van der Waals surface area (Å²) in [6, 6.07) is 9.84. The average Bonchev–Trinajstić information content (AvgIpc) is 3.04. The quantitative estimate of drug-likeness (QED) is 0.381. The number of ether oxygens (including phenoxy) is 1. The largest absolute Gasteiger partial charge is 0.496 e. The van der Waals surface area contributed by atoms with Gasteiger partial charge in [-0.1, -0.05) is 18.2 Å². The van der Waals surface area contributed by atoms with Crippen molar-refractivity contribution >= 4 is 34.9 Å². The lowest BCUT2D eigenvalue weighted by molar-refractivity contribution is -0.387. The molecule has 0 atom stereocenters. The topological polar surface area (TPSA) is 109 Å². The fourth-order valence-electron chi connectivity index (χ4n) is 3.39. The predicted molar refractivity (Wildman–Crippen MR) is 114 cm³/mol. The number of hydrogen-bond donors (Lipinski definition) is 1. The molecule has 2 aromatic heterocycles. The van der Waals surface area contributed by atoms with Gasteiger partial charge in [-0.3, -0.25) is 10.1 Å². The Kier molecular flexibility index (Phi) is 5.57. The molecule has 2 heterocycles. The Hall–Kier alpha value is -3.72. The van der Waals surface area contributed by atoms with E-state index in [1.807, 2.05) is 42.1 Å². The number of methoxy groups -OCH3 is 1. The Morgan fingerprint density at radius 1 is 1.20 bits per heavy atom. The van der Waals surface area contributed by atoms with E-state index in [9.17, 15) is 14.5 Å². The van der Waals surface area contributed by atoms with Gasteiger partial charge in [-0.25, -0.2) is 9.97 Å². The van der Waals surface area contributed by atoms with Crippen LogP contribution in [0.15, 0.2) is 48.8 Å². The van der Waals surface area contributed by atoms with Crippen LogP contribution in [-0.2, 0) is 7.05 Å². The third kappa shape index (κ3) is 3.39. The molecule has 0 saturated carbocycles. The number of nitro groups is 1. The summed E-state index contributed by atoms with van der Waals surface area (Å²) in [5, 5.41) is 12.2. The first-order valence-corrected chi connectivity index (χ1v) is 8.60. The van der Waals surface area contributed by atoms with Gasteiger partial charge < -0.3 is 15.0 Å². The van der Waals surface area contributed by atoms with Crippen molar-refractivity contribution in [2.45, 2.75) is 0 Å². The van der Waals surface area contributed by atoms with Gasteiger partial charge in [-0.2, -0.15) is 4.39 Å². The number of nitro benzene ring substituents is 1. The van der Waals surface area contributed by atoms with Crippen LogP contribution in [0.5, 0.6) is 5.75 Å². The number of aryl methyl sites for hydroxylation is 1. The van der Waals surface area contributed by atoms with Crippen molar-refractivity contribution in [3.63, 3.8) is 0 Å². The number of halogens is 2. The number of para-hydroxylation sites is 1. The van der Waals surface area contributed by atoms with E-state index in [0.29, 0.717) is 16.8 Å². The normalized spacial score (nSPS) is 10.6. The predicted octanol–water partition coefficient (Wildman–Crippen LogP) is 4.36. The van der Waals surface area contributed by atoms with Crippen molar-refractivity contribution in [1.29, 1.82) is 0 Å². The van der Waals surface area contributed by atoms with Gasteiger partial charge in [0.25, 0.3) is 0 Å². The number of anilines is 1. The number of rotatable bonds is 4. The lowest BCUT2D eigenvalue weighted by Crippen LogP contribution is -2.01. The summed E-state index contributed by atoms with van der Waals surface area (Å²) < 4.78 is 21.3. The number of nitrogens with two attached hydrogens (primary N) is 1. The van der Waals surface area contributed by atoms with Gasteiger partial charge in [0.2, 0.25) is 11.8 Å². The van der Waals surface area contributed by atoms with Crippen LogP contribution in [-0.4, -0.2) is 26.6 Å². The van der Waals surface area contributed by atoms with E-state index >= 15 is 0 Å². The molecule has 0 aliphatic carbocycles. The number of nitrogen functional groups attached to an aromatic ring is 1. The Balaban J connectivity index is 0.00000256. The third-order valence-corrected chi connectivity index (χ3v) is 4.72. The molecule has 2 N–H and O–H groups in total. The molecule has 0 aliphatic heterocycles. The smallest absolute Gasteiger partial charge is 0.305 e. The highest BCUT2D eigenvalue weighted by Crippen LogP contribution is 2.41. The van der Waals surface area contributed by atoms with Crippen molar-refractivity contribution in [2.24, 2.45) is 7.05 Å². The zero-order chi connectivity index (χ0) is 20.7. The molecule has 0 aliphatic rings. The first kappa shape index (κ1) is 21.0. The zero-order valence-corrected chi connectivity index (χ0v) is 16.8. The summed E-state index contributed by atoms with van der Waals surface area (Å²) in [5.41, 5.74) is 8.11. The second-order valence-corrected chi connectivity index (χ2v) is 6.42. The van der Waals surface area contributed by atoms with Crippen molar-refractivity contribution < 1.29 is 14.1 Å². The molecule has 4 aromatic rings. The molecular weight excluding hydrogens is 413 g/mol. The van der Waals surface area contributed by atoms with Crippen molar-refractivity contribution in [1.82, 2.24) is 14.5 Å². The van der Waals surface area contributed by atoms with Crippen LogP contribution in [0.1, 0.15) is 0 Å². The maximum absolute atomic E-state index is 14.1. The first-order valence-electron chi connectivity index (χ1n) is 8.60. The third-order valence-electron chi connectivity index (χ3n) is 4.72. The van der Waals surface area contributed by atoms with E-state index in [1.165, 1.54) is 13.3 Å². The molecule has 4 rings (SSSR count). The molecule has 0 fully saturated rings. The molecule has 154 valence electrons. The molecule has 0 unspecified atom stereocenters. The molecule has 2 aromatic carbocycles. The summed E-state index contributed by atoms with van der Waals surface area (Å²) in [5.74, 6) is -0.811. The van der Waals surface area contributed by atoms with E-state index in [-0.39, 0.29) is 24.1 Å². The summed E-state index contributed by atoms with van der Waals surface area (Å²) in [7, 11) is 3.26. The number of fused-ring (bicyclic) bond motifs is 1. The lowest BCUT2D eigenvalue weighted by Gasteiger charge is -2.13. The molecular formula is C20H17ClFN5O3. The molecule has 0 amide bonds. The van der Waals surface area contributed by atoms with Crippen molar-refractivity contribution in [3.8, 4) is 28.1 Å². The molecule has 0 bridgehead atoms. The summed E-state index contributed by atoms with van der Waals surface area (Å²) in [6.45, 7) is 0. The van der Waals surface area contributed by atoms with Gasteiger partial charge in [-0.05, 0) is 6.07 Å². The van der Waals surface area contributed by atoms with Gasteiger partial charge in [0.15, 0.2) is 0 Å². The van der Waals surface area contributed by atoms with Gasteiger partial charge in [0.1, 0.15) is 5.75 Å². The first-order chi connectivity index (χ1) is 13.9. The van der Waals surface area contributed by atoms with E-state index < -0.39 is 16.4 Å². The molecule has 0 radical (unpaired) electrons. The Labute approximate surface area is 176 Å². The maximum atomic E-state index is 14.1. The molecule has 0 saturated heterocycles. The standard InChI is InChI=1S/C20H16FN5O3.ClH/c1-25-10-14(11-5-3-4-6-16(11)25)19-13(9-23-20(22)24-19)12-7-17(26(27)28)15(21)8-18(12)29-2;/h3-10H,1-2H3,(H2,22,23,24);1H. The van der Waals surface area contributed by atoms with E-state index in [1.54, 1.807) is 0 Å². The highest BCUT2D eigenvalue weighted by molar-refractivity contribution is 5.99. The fraction of sp³-hybridized carbons (Fsp3) is 0.100. The van der Waals surface area contributed by atoms with Crippen LogP contribution in [0.3, 0.4) is 0 Å². The van der Waals surface area contributed by atoms with Crippen molar-refractivity contribution in [3.05, 3.63) is 64.7 Å². The van der Waals surface area contributed by atoms with Gasteiger partial charge in [0, 0.05) is 59.2 Å². The SMILES string of the molecule is COc1cc(F)c([N+](=O)[O-])cc1-c1cnc(N)nc1-c1cn(C)c2ccccc12.Cl. The monoisotopic (exact) mass is 429 g/mol. The fourth-order valence-corrected chi connectivity index (χ4v) is 3.39. The van der Waals surface area contributed by atoms with Gasteiger partial charge in [-0.15, -0.1) is 12.4 Å². The minimum absolute atomic E-state index is 0. The molecule has 0 spiro atoms. The summed E-state index contributed by atoms with van der Waals surface area (Å²) in [4.78, 5) is 18.9. The highest BCUT2D eigenvalue weighted by Gasteiger charge is 2.24. The van der Waals surface area contributed by atoms with Crippen LogP contribution in [0.25, 0.3) is 33.3 Å². The second kappa shape index (κ2) is 7.96. The van der Waals surface area contributed by atoms with Crippen LogP contribution < -0.4 is 10.5 Å². The lowest BCUT2D eigenvalue weighted by atomic mass is 9.99. The minimum Gasteiger partial charge on any atom is -0.496 e. The Morgan fingerprint density at radius 3 is 2.63 bits per heavy atom. The summed E-state index contributed by atoms with van der Waals surface area (Å²) >= 11 is 0. The maximum Gasteiger partial charge on any atom is 0.305 e. The molecule has 10 heteroatoms. The van der Waals surface area contributed by atoms with E-state index in [2.05, 4.69) is 9.97 Å². The average molecular weight is 430 g/mol. The number of aromatic nitrogens is 3. The Bertz CT molecular complexity index is 1280. The number of nitrogens with zero attached hydrogens (tertiary/aromatic N) is 4. The summed E-state index contributed by atoms with van der Waals surface area (Å²) in [6.07, 6.45) is 3.35. The number of benzene rings is 2. The molecule has 8 nitrogen and oxygen atoms in total. The van der Waals surface area contributed by atoms with Gasteiger partial charge in [0.05, 0.1) is 17.7 Å². The van der Waals surface area contributed by atoms with Gasteiger partial charge >= 0.3 is 5.69 Å². The highest BCUT2D eigenvalue weighted by atomic mass is 35.5. The van der Waals surface area contributed by atoms with Crippen LogP contribution >= 0.6 is 12.4 Å². The van der Waals surface area contributed by atoms with E-state index in [0.717, 1.165) is 28.6 Å². The number of hydrogen-bond acceptors (Lipinski definition) is 6. The Morgan fingerprint density at radius 2 is 1.93 bits per heavy atom. The zero-order valence-electron chi connectivity index (χ0n) is 16.0. The van der Waals surface area contributed by atoms with Crippen LogP contribution in [0, 0.1) is 15.9 Å². The van der Waals surface area contributed by atoms with Crippen LogP contribution in [0.2, 0.25) is 0 Å². The second-order valence-electron chi connectivity index (χ2n) is 6.42. The van der Waals surface area contributed by atoms with Crippen LogP contribution in [0.4, 0.5) is 16.0 Å².